The first kappa shape index (κ1) is 18.3. The summed E-state index contributed by atoms with van der Waals surface area (Å²) in [5.41, 5.74) is 3.06. The molecule has 7 nitrogen and oxygen atoms in total. The maximum atomic E-state index is 12.6. The van der Waals surface area contributed by atoms with Gasteiger partial charge in [0.05, 0.1) is 18.6 Å². The SMILES string of the molecule is COc1cc(-c2ccc(C)c([N+](=O)[O-])c2)cc2c1OCCN(C(=O)C1CC1)C2. The smallest absolute Gasteiger partial charge is 0.272 e. The van der Waals surface area contributed by atoms with Gasteiger partial charge in [-0.15, -0.1) is 0 Å². The normalized spacial score (nSPS) is 16.0. The Bertz CT molecular complexity index is 952. The predicted octanol–water partition coefficient (Wildman–Crippen LogP) is 3.71. The van der Waals surface area contributed by atoms with E-state index in [1.807, 2.05) is 23.1 Å². The number of nitro benzene ring substituents is 1. The van der Waals surface area contributed by atoms with E-state index in [-0.39, 0.29) is 22.4 Å². The molecule has 0 unspecified atom stereocenters. The van der Waals surface area contributed by atoms with Crippen LogP contribution in [0.4, 0.5) is 5.69 Å². The molecule has 2 aromatic rings. The molecular formula is C21H22N2O5. The van der Waals surface area contributed by atoms with Crippen LogP contribution in [0, 0.1) is 23.0 Å². The fraction of sp³-hybridized carbons (Fsp3) is 0.381. The zero-order chi connectivity index (χ0) is 19.8. The summed E-state index contributed by atoms with van der Waals surface area (Å²) in [7, 11) is 1.57. The van der Waals surface area contributed by atoms with Crippen molar-refractivity contribution >= 4 is 11.6 Å². The number of rotatable bonds is 4. The standard InChI is InChI=1S/C21H22N2O5/c1-13-3-4-15(10-18(13)23(25)26)16-9-17-12-22(21(24)14-5-6-14)7-8-28-20(17)19(11-16)27-2/h3-4,9-11,14H,5-8,12H2,1-2H3. The molecule has 0 aromatic heterocycles. The quantitative estimate of drug-likeness (QED) is 0.595. The summed E-state index contributed by atoms with van der Waals surface area (Å²) >= 11 is 0. The minimum absolute atomic E-state index is 0.0770. The molecule has 1 fully saturated rings. The van der Waals surface area contributed by atoms with Crippen molar-refractivity contribution in [3.63, 3.8) is 0 Å². The first-order valence-corrected chi connectivity index (χ1v) is 9.36. The zero-order valence-corrected chi connectivity index (χ0v) is 15.9. The molecule has 0 spiro atoms. The highest BCUT2D eigenvalue weighted by molar-refractivity contribution is 5.81. The first-order valence-electron chi connectivity index (χ1n) is 9.36. The van der Waals surface area contributed by atoms with Gasteiger partial charge in [0.1, 0.15) is 6.61 Å². The Hall–Kier alpha value is -3.09. The lowest BCUT2D eigenvalue weighted by molar-refractivity contribution is -0.385. The first-order chi connectivity index (χ1) is 13.5. The number of benzene rings is 2. The molecule has 0 N–H and O–H groups in total. The number of amides is 1. The molecule has 1 amide bonds. The largest absolute Gasteiger partial charge is 0.493 e. The van der Waals surface area contributed by atoms with Gasteiger partial charge in [-0.2, -0.15) is 0 Å². The Morgan fingerprint density at radius 3 is 2.71 bits per heavy atom. The van der Waals surface area contributed by atoms with E-state index in [0.29, 0.717) is 36.8 Å². The van der Waals surface area contributed by atoms with Crippen LogP contribution < -0.4 is 9.47 Å². The Balaban J connectivity index is 1.75. The van der Waals surface area contributed by atoms with E-state index in [1.54, 1.807) is 26.2 Å². The van der Waals surface area contributed by atoms with Crippen molar-refractivity contribution in [3.05, 3.63) is 51.6 Å². The molecule has 2 aliphatic rings. The number of methoxy groups -OCH3 is 1. The third-order valence-corrected chi connectivity index (χ3v) is 5.30. The average Bonchev–Trinajstić information content (AvgIpc) is 3.53. The Morgan fingerprint density at radius 2 is 2.04 bits per heavy atom. The number of carbonyl (C=O) groups is 1. The molecule has 0 bridgehead atoms. The van der Waals surface area contributed by atoms with E-state index < -0.39 is 0 Å². The summed E-state index contributed by atoms with van der Waals surface area (Å²) in [6, 6.07) is 8.93. The number of nitrogens with zero attached hydrogens (tertiary/aromatic N) is 2. The van der Waals surface area contributed by atoms with Crippen LogP contribution in [0.15, 0.2) is 30.3 Å². The minimum atomic E-state index is -0.376. The average molecular weight is 382 g/mol. The molecule has 2 aromatic carbocycles. The highest BCUT2D eigenvalue weighted by Gasteiger charge is 2.34. The highest BCUT2D eigenvalue weighted by atomic mass is 16.6. The van der Waals surface area contributed by atoms with Gasteiger partial charge in [0, 0.05) is 29.7 Å². The van der Waals surface area contributed by atoms with E-state index in [0.717, 1.165) is 29.5 Å². The molecule has 28 heavy (non-hydrogen) atoms. The van der Waals surface area contributed by atoms with Crippen molar-refractivity contribution in [2.24, 2.45) is 5.92 Å². The van der Waals surface area contributed by atoms with Gasteiger partial charge in [-0.05, 0) is 43.0 Å². The lowest BCUT2D eigenvalue weighted by Gasteiger charge is -2.20. The van der Waals surface area contributed by atoms with Gasteiger partial charge in [0.2, 0.25) is 5.91 Å². The Morgan fingerprint density at radius 1 is 1.25 bits per heavy atom. The fourth-order valence-corrected chi connectivity index (χ4v) is 3.56. The predicted molar refractivity (Wildman–Crippen MR) is 103 cm³/mol. The number of ether oxygens (including phenoxy) is 2. The number of nitro groups is 1. The summed E-state index contributed by atoms with van der Waals surface area (Å²) in [5, 5.41) is 11.3. The van der Waals surface area contributed by atoms with Crippen molar-refractivity contribution in [1.82, 2.24) is 4.90 Å². The Kier molecular flexibility index (Phi) is 4.66. The number of fused-ring (bicyclic) bond motifs is 1. The number of hydrogen-bond acceptors (Lipinski definition) is 5. The van der Waals surface area contributed by atoms with Crippen molar-refractivity contribution in [3.8, 4) is 22.6 Å². The third-order valence-electron chi connectivity index (χ3n) is 5.30. The van der Waals surface area contributed by atoms with Crippen molar-refractivity contribution < 1.29 is 19.2 Å². The maximum Gasteiger partial charge on any atom is 0.272 e. The molecule has 4 rings (SSSR count). The van der Waals surface area contributed by atoms with E-state index >= 15 is 0 Å². The highest BCUT2D eigenvalue weighted by Crippen LogP contribution is 2.40. The van der Waals surface area contributed by atoms with Crippen LogP contribution in [-0.2, 0) is 11.3 Å². The molecule has 0 radical (unpaired) electrons. The Labute approximate surface area is 163 Å². The second-order valence-corrected chi connectivity index (χ2v) is 7.31. The van der Waals surface area contributed by atoms with Crippen LogP contribution in [0.2, 0.25) is 0 Å². The molecule has 0 saturated heterocycles. The van der Waals surface area contributed by atoms with Gasteiger partial charge in [-0.25, -0.2) is 0 Å². The van der Waals surface area contributed by atoms with Crippen molar-refractivity contribution in [2.75, 3.05) is 20.3 Å². The topological polar surface area (TPSA) is 81.9 Å². The summed E-state index contributed by atoms with van der Waals surface area (Å²) in [5.74, 6) is 1.52. The molecule has 1 heterocycles. The summed E-state index contributed by atoms with van der Waals surface area (Å²) in [6.45, 7) is 3.12. The summed E-state index contributed by atoms with van der Waals surface area (Å²) in [6.07, 6.45) is 1.92. The van der Waals surface area contributed by atoms with E-state index in [9.17, 15) is 14.9 Å². The van der Waals surface area contributed by atoms with Gasteiger partial charge in [-0.1, -0.05) is 12.1 Å². The van der Waals surface area contributed by atoms with Crippen LogP contribution in [0.1, 0.15) is 24.0 Å². The molecule has 7 heteroatoms. The lowest BCUT2D eigenvalue weighted by Crippen LogP contribution is -2.33. The minimum Gasteiger partial charge on any atom is -0.493 e. The lowest BCUT2D eigenvalue weighted by atomic mass is 9.99. The third kappa shape index (κ3) is 3.40. The monoisotopic (exact) mass is 382 g/mol. The maximum absolute atomic E-state index is 12.6. The molecule has 1 aliphatic carbocycles. The number of carbonyl (C=O) groups excluding carboxylic acids is 1. The molecule has 0 atom stereocenters. The van der Waals surface area contributed by atoms with Crippen LogP contribution in [0.5, 0.6) is 11.5 Å². The van der Waals surface area contributed by atoms with E-state index in [1.165, 1.54) is 0 Å². The van der Waals surface area contributed by atoms with Crippen LogP contribution in [-0.4, -0.2) is 36.0 Å². The second kappa shape index (κ2) is 7.14. The summed E-state index contributed by atoms with van der Waals surface area (Å²) < 4.78 is 11.4. The van der Waals surface area contributed by atoms with Crippen molar-refractivity contribution in [2.45, 2.75) is 26.3 Å². The van der Waals surface area contributed by atoms with E-state index in [4.69, 9.17) is 9.47 Å². The van der Waals surface area contributed by atoms with Gasteiger partial charge < -0.3 is 14.4 Å². The van der Waals surface area contributed by atoms with Gasteiger partial charge >= 0.3 is 0 Å². The van der Waals surface area contributed by atoms with E-state index in [2.05, 4.69) is 0 Å². The fourth-order valence-electron chi connectivity index (χ4n) is 3.56. The molecule has 1 aliphatic heterocycles. The number of hydrogen-bond donors (Lipinski definition) is 0. The molecule has 146 valence electrons. The van der Waals surface area contributed by atoms with Crippen LogP contribution >= 0.6 is 0 Å². The molecule has 1 saturated carbocycles. The van der Waals surface area contributed by atoms with Crippen molar-refractivity contribution in [1.29, 1.82) is 0 Å². The van der Waals surface area contributed by atoms with Crippen LogP contribution in [0.3, 0.4) is 0 Å². The molecular weight excluding hydrogens is 360 g/mol. The van der Waals surface area contributed by atoms with Gasteiger partial charge in [0.25, 0.3) is 5.69 Å². The van der Waals surface area contributed by atoms with Gasteiger partial charge in [0.15, 0.2) is 11.5 Å². The van der Waals surface area contributed by atoms with Gasteiger partial charge in [-0.3, -0.25) is 14.9 Å². The second-order valence-electron chi connectivity index (χ2n) is 7.31. The zero-order valence-electron chi connectivity index (χ0n) is 15.9. The number of aryl methyl sites for hydroxylation is 1. The van der Waals surface area contributed by atoms with Crippen LogP contribution in [0.25, 0.3) is 11.1 Å². The summed E-state index contributed by atoms with van der Waals surface area (Å²) in [4.78, 5) is 25.3.